The molecule has 6 nitrogen and oxygen atoms in total. The fraction of sp³-hybridized carbons (Fsp3) is 0.143. The molecule has 0 aliphatic carbocycles. The largest absolute Gasteiger partial charge is 0.497 e. The molecule has 0 amide bonds. The maximum Gasteiger partial charge on any atom is 0.262 e. The summed E-state index contributed by atoms with van der Waals surface area (Å²) in [4.78, 5) is 0.113. The molecule has 0 aliphatic heterocycles. The second-order valence-electron chi connectivity index (χ2n) is 4.24. The fourth-order valence-electron chi connectivity index (χ4n) is 1.74. The van der Waals surface area contributed by atoms with Crippen LogP contribution in [0.25, 0.3) is 0 Å². The molecule has 0 unspecified atom stereocenters. The summed E-state index contributed by atoms with van der Waals surface area (Å²) >= 11 is 0. The molecule has 2 rings (SSSR count). The van der Waals surface area contributed by atoms with Crippen LogP contribution in [0.15, 0.2) is 47.4 Å². The second-order valence-corrected chi connectivity index (χ2v) is 5.92. The van der Waals surface area contributed by atoms with E-state index in [0.29, 0.717) is 22.9 Å². The Morgan fingerprint density at radius 2 is 1.67 bits per heavy atom. The highest BCUT2D eigenvalue weighted by Crippen LogP contribution is 2.30. The first-order chi connectivity index (χ1) is 9.96. The van der Waals surface area contributed by atoms with Crippen molar-refractivity contribution in [2.24, 2.45) is 0 Å². The third-order valence-electron chi connectivity index (χ3n) is 2.84. The van der Waals surface area contributed by atoms with Crippen molar-refractivity contribution < 1.29 is 17.9 Å². The smallest absolute Gasteiger partial charge is 0.262 e. The van der Waals surface area contributed by atoms with Gasteiger partial charge in [0.05, 0.1) is 24.8 Å². The van der Waals surface area contributed by atoms with E-state index in [9.17, 15) is 8.42 Å². The molecule has 2 aromatic rings. The van der Waals surface area contributed by atoms with Gasteiger partial charge in [0.1, 0.15) is 11.5 Å². The van der Waals surface area contributed by atoms with Gasteiger partial charge in [-0.3, -0.25) is 4.72 Å². The predicted molar refractivity (Wildman–Crippen MR) is 81.2 cm³/mol. The second kappa shape index (κ2) is 5.92. The van der Waals surface area contributed by atoms with Crippen LogP contribution in [-0.2, 0) is 10.0 Å². The molecular formula is C14H16N2O4S. The monoisotopic (exact) mass is 308 g/mol. The van der Waals surface area contributed by atoms with E-state index in [1.807, 2.05) is 0 Å². The van der Waals surface area contributed by atoms with Gasteiger partial charge in [0.15, 0.2) is 0 Å². The van der Waals surface area contributed by atoms with Gasteiger partial charge in [-0.2, -0.15) is 0 Å². The van der Waals surface area contributed by atoms with Crippen LogP contribution in [0.2, 0.25) is 0 Å². The third kappa shape index (κ3) is 3.38. The minimum Gasteiger partial charge on any atom is -0.497 e. The molecule has 0 spiro atoms. The lowest BCUT2D eigenvalue weighted by Crippen LogP contribution is -2.13. The van der Waals surface area contributed by atoms with Crippen molar-refractivity contribution >= 4 is 21.4 Å². The number of hydrogen-bond acceptors (Lipinski definition) is 5. The Bertz CT molecular complexity index is 727. The van der Waals surface area contributed by atoms with E-state index in [0.717, 1.165) is 0 Å². The van der Waals surface area contributed by atoms with Crippen LogP contribution in [0.4, 0.5) is 11.4 Å². The average molecular weight is 308 g/mol. The third-order valence-corrected chi connectivity index (χ3v) is 4.22. The Labute approximate surface area is 123 Å². The van der Waals surface area contributed by atoms with Crippen molar-refractivity contribution in [2.45, 2.75) is 4.90 Å². The van der Waals surface area contributed by atoms with Crippen LogP contribution in [-0.4, -0.2) is 22.6 Å². The summed E-state index contributed by atoms with van der Waals surface area (Å²) in [5, 5.41) is 0. The number of nitrogens with one attached hydrogen (secondary N) is 1. The van der Waals surface area contributed by atoms with E-state index in [1.165, 1.54) is 38.5 Å². The molecule has 0 aliphatic rings. The zero-order chi connectivity index (χ0) is 15.5. The van der Waals surface area contributed by atoms with Gasteiger partial charge >= 0.3 is 0 Å². The van der Waals surface area contributed by atoms with Gasteiger partial charge in [0, 0.05) is 11.8 Å². The molecule has 7 heteroatoms. The maximum absolute atomic E-state index is 12.3. The first kappa shape index (κ1) is 15.0. The van der Waals surface area contributed by atoms with Crippen LogP contribution >= 0.6 is 0 Å². The molecule has 3 N–H and O–H groups in total. The number of nitrogen functional groups attached to an aromatic ring is 1. The number of methoxy groups -OCH3 is 2. The van der Waals surface area contributed by atoms with Gasteiger partial charge in [0.2, 0.25) is 0 Å². The zero-order valence-electron chi connectivity index (χ0n) is 11.7. The zero-order valence-corrected chi connectivity index (χ0v) is 12.5. The summed E-state index contributed by atoms with van der Waals surface area (Å²) in [6.07, 6.45) is 0. The van der Waals surface area contributed by atoms with Crippen molar-refractivity contribution in [1.82, 2.24) is 0 Å². The SMILES string of the molecule is COc1ccc(OC)c(NS(=O)(=O)c2ccc(N)cc2)c1. The first-order valence-electron chi connectivity index (χ1n) is 6.06. The van der Waals surface area contributed by atoms with Gasteiger partial charge in [-0.05, 0) is 36.4 Å². The molecule has 21 heavy (non-hydrogen) atoms. The average Bonchev–Trinajstić information content (AvgIpc) is 2.47. The molecular weight excluding hydrogens is 292 g/mol. The Morgan fingerprint density at radius 3 is 2.24 bits per heavy atom. The molecule has 0 heterocycles. The topological polar surface area (TPSA) is 90.6 Å². The van der Waals surface area contributed by atoms with E-state index in [1.54, 1.807) is 18.2 Å². The van der Waals surface area contributed by atoms with Crippen molar-refractivity contribution in [3.05, 3.63) is 42.5 Å². The standard InChI is InChI=1S/C14H16N2O4S/c1-19-11-5-8-14(20-2)13(9-11)16-21(17,18)12-6-3-10(15)4-7-12/h3-9,16H,15H2,1-2H3. The van der Waals surface area contributed by atoms with Crippen LogP contribution in [0.5, 0.6) is 11.5 Å². The van der Waals surface area contributed by atoms with Gasteiger partial charge in [-0.25, -0.2) is 8.42 Å². The lowest BCUT2D eigenvalue weighted by atomic mass is 10.3. The highest BCUT2D eigenvalue weighted by Gasteiger charge is 2.17. The highest BCUT2D eigenvalue weighted by atomic mass is 32.2. The number of benzene rings is 2. The summed E-state index contributed by atoms with van der Waals surface area (Å²) in [6.45, 7) is 0. The number of hydrogen-bond donors (Lipinski definition) is 2. The number of ether oxygens (including phenoxy) is 2. The van der Waals surface area contributed by atoms with Crippen LogP contribution < -0.4 is 19.9 Å². The Hall–Kier alpha value is -2.41. The van der Waals surface area contributed by atoms with Gasteiger partial charge in [0.25, 0.3) is 10.0 Å². The lowest BCUT2D eigenvalue weighted by molar-refractivity contribution is 0.405. The molecule has 0 radical (unpaired) electrons. The Balaban J connectivity index is 2.38. The Kier molecular flexibility index (Phi) is 4.23. The summed E-state index contributed by atoms with van der Waals surface area (Å²) < 4.78 is 37.4. The summed E-state index contributed by atoms with van der Waals surface area (Å²) in [7, 11) is -0.768. The molecule has 0 atom stereocenters. The van der Waals surface area contributed by atoms with Crippen LogP contribution in [0.1, 0.15) is 0 Å². The van der Waals surface area contributed by atoms with Crippen molar-refractivity contribution in [3.8, 4) is 11.5 Å². The van der Waals surface area contributed by atoms with E-state index in [4.69, 9.17) is 15.2 Å². The summed E-state index contributed by atoms with van der Waals surface area (Å²) in [5.74, 6) is 0.917. The van der Waals surface area contributed by atoms with E-state index >= 15 is 0 Å². The number of rotatable bonds is 5. The number of anilines is 2. The van der Waals surface area contributed by atoms with Gasteiger partial charge < -0.3 is 15.2 Å². The van der Waals surface area contributed by atoms with E-state index < -0.39 is 10.0 Å². The van der Waals surface area contributed by atoms with Crippen molar-refractivity contribution in [1.29, 1.82) is 0 Å². The predicted octanol–water partition coefficient (Wildman–Crippen LogP) is 2.09. The molecule has 112 valence electrons. The molecule has 0 bridgehead atoms. The quantitative estimate of drug-likeness (QED) is 0.825. The summed E-state index contributed by atoms with van der Waals surface area (Å²) in [6, 6.07) is 10.8. The minimum absolute atomic E-state index is 0.113. The first-order valence-corrected chi connectivity index (χ1v) is 7.55. The van der Waals surface area contributed by atoms with Crippen molar-refractivity contribution in [2.75, 3.05) is 24.7 Å². The minimum atomic E-state index is -3.73. The lowest BCUT2D eigenvalue weighted by Gasteiger charge is -2.13. The van der Waals surface area contributed by atoms with Gasteiger partial charge in [-0.1, -0.05) is 0 Å². The normalized spacial score (nSPS) is 11.0. The highest BCUT2D eigenvalue weighted by molar-refractivity contribution is 7.92. The molecule has 0 aromatic heterocycles. The van der Waals surface area contributed by atoms with E-state index in [2.05, 4.69) is 4.72 Å². The van der Waals surface area contributed by atoms with Gasteiger partial charge in [-0.15, -0.1) is 0 Å². The maximum atomic E-state index is 12.3. The number of nitrogens with two attached hydrogens (primary N) is 1. The van der Waals surface area contributed by atoms with E-state index in [-0.39, 0.29) is 4.90 Å². The van der Waals surface area contributed by atoms with Crippen LogP contribution in [0, 0.1) is 0 Å². The fourth-order valence-corrected chi connectivity index (χ4v) is 2.81. The molecule has 0 saturated carbocycles. The van der Waals surface area contributed by atoms with Crippen LogP contribution in [0.3, 0.4) is 0 Å². The molecule has 2 aromatic carbocycles. The van der Waals surface area contributed by atoms with Crippen molar-refractivity contribution in [3.63, 3.8) is 0 Å². The Morgan fingerprint density at radius 1 is 1.00 bits per heavy atom. The number of sulfonamides is 1. The molecule has 0 saturated heterocycles. The molecule has 0 fully saturated rings. The summed E-state index contributed by atoms with van der Waals surface area (Å²) in [5.41, 5.74) is 6.35.